The molecule has 1 amide bonds. The first kappa shape index (κ1) is 19.6. The van der Waals surface area contributed by atoms with Crippen LogP contribution in [0.15, 0.2) is 48.5 Å². The van der Waals surface area contributed by atoms with Crippen molar-refractivity contribution in [1.29, 1.82) is 0 Å². The number of carbonyl (C=O) groups is 1. The van der Waals surface area contributed by atoms with Crippen LogP contribution in [0.3, 0.4) is 0 Å². The minimum Gasteiger partial charge on any atom is -0.326 e. The number of anilines is 1. The van der Waals surface area contributed by atoms with Crippen LogP contribution in [-0.4, -0.2) is 23.9 Å². The van der Waals surface area contributed by atoms with Gasteiger partial charge in [-0.2, -0.15) is 0 Å². The number of rotatable bonds is 7. The molecule has 1 heterocycles. The third kappa shape index (κ3) is 5.90. The van der Waals surface area contributed by atoms with Gasteiger partial charge >= 0.3 is 0 Å². The Hall–Kier alpha value is -2.20. The van der Waals surface area contributed by atoms with E-state index in [1.807, 2.05) is 24.3 Å². The van der Waals surface area contributed by atoms with Gasteiger partial charge in [0.1, 0.15) is 5.82 Å². The zero-order chi connectivity index (χ0) is 19.1. The number of aryl methyl sites for hydroxylation is 1. The first-order valence-electron chi connectivity index (χ1n) is 10.0. The van der Waals surface area contributed by atoms with E-state index in [9.17, 15) is 9.18 Å². The maximum atomic E-state index is 13.1. The largest absolute Gasteiger partial charge is 0.326 e. The van der Waals surface area contributed by atoms with Gasteiger partial charge in [0.05, 0.1) is 5.92 Å². The third-order valence-corrected chi connectivity index (χ3v) is 5.24. The van der Waals surface area contributed by atoms with Crippen molar-refractivity contribution in [3.8, 4) is 0 Å². The van der Waals surface area contributed by atoms with Gasteiger partial charge in [-0.1, -0.05) is 37.6 Å². The average molecular weight is 368 g/mol. The number of benzene rings is 2. The molecule has 27 heavy (non-hydrogen) atoms. The normalized spacial score (nSPS) is 17.6. The Morgan fingerprint density at radius 1 is 1.11 bits per heavy atom. The van der Waals surface area contributed by atoms with Crippen LogP contribution in [0.4, 0.5) is 10.1 Å². The molecule has 3 rings (SSSR count). The second-order valence-electron chi connectivity index (χ2n) is 7.49. The van der Waals surface area contributed by atoms with Crippen molar-refractivity contribution >= 4 is 11.6 Å². The fraction of sp³-hybridized carbons (Fsp3) is 0.435. The Morgan fingerprint density at radius 3 is 2.52 bits per heavy atom. The summed E-state index contributed by atoms with van der Waals surface area (Å²) in [4.78, 5) is 15.0. The fourth-order valence-electron chi connectivity index (χ4n) is 3.64. The smallest absolute Gasteiger partial charge is 0.228 e. The Morgan fingerprint density at radius 2 is 1.81 bits per heavy atom. The highest BCUT2D eigenvalue weighted by molar-refractivity contribution is 5.92. The number of nitrogens with one attached hydrogen (secondary N) is 1. The van der Waals surface area contributed by atoms with E-state index in [1.165, 1.54) is 30.5 Å². The van der Waals surface area contributed by atoms with E-state index in [4.69, 9.17) is 0 Å². The summed E-state index contributed by atoms with van der Waals surface area (Å²) in [6.45, 7) is 4.68. The lowest BCUT2D eigenvalue weighted by atomic mass is 9.96. The van der Waals surface area contributed by atoms with Crippen molar-refractivity contribution in [1.82, 2.24) is 4.90 Å². The van der Waals surface area contributed by atoms with Gasteiger partial charge in [-0.15, -0.1) is 0 Å². The molecule has 0 saturated carbocycles. The van der Waals surface area contributed by atoms with Crippen LogP contribution in [0.2, 0.25) is 0 Å². The summed E-state index contributed by atoms with van der Waals surface area (Å²) in [6.07, 6.45) is 5.40. The summed E-state index contributed by atoms with van der Waals surface area (Å²) in [5.74, 6) is -0.116. The molecular formula is C23H29FN2O. The molecule has 0 aromatic heterocycles. The summed E-state index contributed by atoms with van der Waals surface area (Å²) in [6, 6.07) is 14.8. The van der Waals surface area contributed by atoms with Crippen molar-refractivity contribution in [3.05, 3.63) is 65.5 Å². The molecule has 0 spiro atoms. The second kappa shape index (κ2) is 9.65. The molecule has 0 bridgehead atoms. The molecule has 2 aromatic carbocycles. The van der Waals surface area contributed by atoms with Gasteiger partial charge in [0, 0.05) is 18.8 Å². The van der Waals surface area contributed by atoms with Crippen LogP contribution in [0, 0.1) is 11.7 Å². The van der Waals surface area contributed by atoms with E-state index in [0.29, 0.717) is 0 Å². The number of piperidine rings is 1. The molecule has 1 saturated heterocycles. The summed E-state index contributed by atoms with van der Waals surface area (Å²) in [7, 11) is 0. The van der Waals surface area contributed by atoms with Crippen LogP contribution < -0.4 is 5.32 Å². The summed E-state index contributed by atoms with van der Waals surface area (Å²) in [5.41, 5.74) is 3.27. The monoisotopic (exact) mass is 368 g/mol. The number of amides is 1. The lowest BCUT2D eigenvalue weighted by molar-refractivity contribution is -0.121. The van der Waals surface area contributed by atoms with E-state index < -0.39 is 0 Å². The SMILES string of the molecule is CCCCc1ccc(NC(=O)[C@@H]2CCCN(Cc3ccc(F)cc3)C2)cc1. The maximum Gasteiger partial charge on any atom is 0.228 e. The second-order valence-corrected chi connectivity index (χ2v) is 7.49. The molecule has 144 valence electrons. The first-order chi connectivity index (χ1) is 13.1. The Balaban J connectivity index is 1.52. The highest BCUT2D eigenvalue weighted by Crippen LogP contribution is 2.21. The van der Waals surface area contributed by atoms with Gasteiger partial charge in [0.15, 0.2) is 0 Å². The van der Waals surface area contributed by atoms with Gasteiger partial charge in [0.2, 0.25) is 5.91 Å². The lowest BCUT2D eigenvalue weighted by Gasteiger charge is -2.32. The summed E-state index contributed by atoms with van der Waals surface area (Å²) >= 11 is 0. The van der Waals surface area contributed by atoms with Gasteiger partial charge in [-0.05, 0) is 67.6 Å². The van der Waals surface area contributed by atoms with Crippen molar-refractivity contribution in [3.63, 3.8) is 0 Å². The van der Waals surface area contributed by atoms with E-state index in [0.717, 1.165) is 50.1 Å². The van der Waals surface area contributed by atoms with Gasteiger partial charge in [-0.25, -0.2) is 4.39 Å². The van der Waals surface area contributed by atoms with E-state index >= 15 is 0 Å². The maximum absolute atomic E-state index is 13.1. The Labute approximate surface area is 161 Å². The van der Waals surface area contributed by atoms with Crippen LogP contribution in [0.1, 0.15) is 43.7 Å². The minimum atomic E-state index is -0.213. The predicted octanol–water partition coefficient (Wildman–Crippen LogP) is 5.02. The molecule has 0 radical (unpaired) electrons. The molecule has 0 aliphatic carbocycles. The quantitative estimate of drug-likeness (QED) is 0.744. The predicted molar refractivity (Wildman–Crippen MR) is 108 cm³/mol. The first-order valence-corrected chi connectivity index (χ1v) is 10.0. The minimum absolute atomic E-state index is 0.000957. The Kier molecular flexibility index (Phi) is 6.99. The van der Waals surface area contributed by atoms with Crippen molar-refractivity contribution < 1.29 is 9.18 Å². The molecule has 1 fully saturated rings. The molecule has 2 aromatic rings. The number of hydrogen-bond acceptors (Lipinski definition) is 2. The van der Waals surface area contributed by atoms with Crippen LogP contribution in [0.25, 0.3) is 0 Å². The lowest BCUT2D eigenvalue weighted by Crippen LogP contribution is -2.40. The van der Waals surface area contributed by atoms with Crippen LogP contribution in [-0.2, 0) is 17.8 Å². The zero-order valence-electron chi connectivity index (χ0n) is 16.1. The van der Waals surface area contributed by atoms with Gasteiger partial charge < -0.3 is 5.32 Å². The third-order valence-electron chi connectivity index (χ3n) is 5.24. The zero-order valence-corrected chi connectivity index (χ0v) is 16.1. The van der Waals surface area contributed by atoms with E-state index in [-0.39, 0.29) is 17.6 Å². The number of likely N-dealkylation sites (tertiary alicyclic amines) is 1. The number of carbonyl (C=O) groups excluding carboxylic acids is 1. The highest BCUT2D eigenvalue weighted by atomic mass is 19.1. The molecule has 1 aliphatic rings. The molecule has 1 atom stereocenters. The van der Waals surface area contributed by atoms with E-state index in [1.54, 1.807) is 0 Å². The average Bonchev–Trinajstić information content (AvgIpc) is 2.69. The van der Waals surface area contributed by atoms with E-state index in [2.05, 4.69) is 29.3 Å². The molecular weight excluding hydrogens is 339 g/mol. The van der Waals surface area contributed by atoms with Crippen molar-refractivity contribution in [2.45, 2.75) is 45.6 Å². The number of halogens is 1. The molecule has 1 aliphatic heterocycles. The standard InChI is InChI=1S/C23H29FN2O/c1-2-3-5-18-9-13-22(14-10-18)25-23(27)20-6-4-15-26(17-20)16-19-7-11-21(24)12-8-19/h7-14,20H,2-6,15-17H2,1H3,(H,25,27)/t20-/m1/s1. The number of nitrogens with zero attached hydrogens (tertiary/aromatic N) is 1. The topological polar surface area (TPSA) is 32.3 Å². The fourth-order valence-corrected chi connectivity index (χ4v) is 3.64. The summed E-state index contributed by atoms with van der Waals surface area (Å²) in [5, 5.41) is 3.07. The van der Waals surface area contributed by atoms with Crippen LogP contribution >= 0.6 is 0 Å². The highest BCUT2D eigenvalue weighted by Gasteiger charge is 2.25. The van der Waals surface area contributed by atoms with Crippen molar-refractivity contribution in [2.75, 3.05) is 18.4 Å². The number of hydrogen-bond donors (Lipinski definition) is 1. The Bertz CT molecular complexity index is 727. The molecule has 1 N–H and O–H groups in total. The number of unbranched alkanes of at least 4 members (excludes halogenated alkanes) is 1. The van der Waals surface area contributed by atoms with Gasteiger partial charge in [-0.3, -0.25) is 9.69 Å². The molecule has 0 unspecified atom stereocenters. The molecule has 3 nitrogen and oxygen atoms in total. The van der Waals surface area contributed by atoms with Gasteiger partial charge in [0.25, 0.3) is 0 Å². The summed E-state index contributed by atoms with van der Waals surface area (Å²) < 4.78 is 13.1. The van der Waals surface area contributed by atoms with Crippen molar-refractivity contribution in [2.24, 2.45) is 5.92 Å². The van der Waals surface area contributed by atoms with Crippen LogP contribution in [0.5, 0.6) is 0 Å². The molecule has 4 heteroatoms.